The van der Waals surface area contributed by atoms with Crippen molar-refractivity contribution in [1.82, 2.24) is 0 Å². The second kappa shape index (κ2) is 5.32. The van der Waals surface area contributed by atoms with Gasteiger partial charge in [-0.25, -0.2) is 0 Å². The van der Waals surface area contributed by atoms with E-state index >= 15 is 0 Å². The number of hydrogen-bond donors (Lipinski definition) is 1. The van der Waals surface area contributed by atoms with Gasteiger partial charge in [-0.3, -0.25) is 9.69 Å². The van der Waals surface area contributed by atoms with Gasteiger partial charge in [-0.1, -0.05) is 66.2 Å². The quantitative estimate of drug-likeness (QED) is 0.780. The second-order valence-corrected chi connectivity index (χ2v) is 6.06. The van der Waals surface area contributed by atoms with Crippen LogP contribution in [0.5, 0.6) is 0 Å². The number of rotatable bonds is 2. The van der Waals surface area contributed by atoms with Gasteiger partial charge in [-0.05, 0) is 25.1 Å². The minimum atomic E-state index is -1.51. The normalized spacial score (nSPS) is 19.4. The van der Waals surface area contributed by atoms with Gasteiger partial charge in [0.15, 0.2) is 5.72 Å². The van der Waals surface area contributed by atoms with Crippen LogP contribution < -0.4 is 4.90 Å². The highest BCUT2D eigenvalue weighted by Crippen LogP contribution is 2.44. The fraction of sp³-hybridized carbons (Fsp3) is 0.0952. The van der Waals surface area contributed by atoms with Gasteiger partial charge in [-0.2, -0.15) is 0 Å². The van der Waals surface area contributed by atoms with E-state index in [0.29, 0.717) is 22.4 Å². The molecule has 4 rings (SSSR count). The molecule has 3 nitrogen and oxygen atoms in total. The van der Waals surface area contributed by atoms with Gasteiger partial charge in [0.2, 0.25) is 0 Å². The molecule has 0 saturated heterocycles. The molecule has 1 amide bonds. The lowest BCUT2D eigenvalue weighted by Gasteiger charge is -2.35. The molecule has 1 atom stereocenters. The van der Waals surface area contributed by atoms with E-state index in [1.54, 1.807) is 6.07 Å². The molecule has 0 aromatic heterocycles. The molecule has 24 heavy (non-hydrogen) atoms. The SMILES string of the molecule is Cc1ccc(N2C(=O)c3ccccc3C2(O)c2ccccc2)cc1. The molecule has 1 heterocycles. The van der Waals surface area contributed by atoms with Gasteiger partial charge in [-0.15, -0.1) is 0 Å². The summed E-state index contributed by atoms with van der Waals surface area (Å²) in [6.07, 6.45) is 0. The Morgan fingerprint density at radius 1 is 0.833 bits per heavy atom. The van der Waals surface area contributed by atoms with Crippen LogP contribution >= 0.6 is 0 Å². The number of anilines is 1. The highest BCUT2D eigenvalue weighted by Gasteiger charge is 2.50. The Labute approximate surface area is 140 Å². The summed E-state index contributed by atoms with van der Waals surface area (Å²) in [5, 5.41) is 11.7. The predicted molar refractivity (Wildman–Crippen MR) is 93.9 cm³/mol. The Balaban J connectivity index is 1.98. The van der Waals surface area contributed by atoms with Crippen LogP contribution in [0.15, 0.2) is 78.9 Å². The molecule has 3 heteroatoms. The topological polar surface area (TPSA) is 40.5 Å². The molecule has 1 N–H and O–H groups in total. The number of carbonyl (C=O) groups excluding carboxylic acids is 1. The summed E-state index contributed by atoms with van der Waals surface area (Å²) >= 11 is 0. The molecule has 1 aliphatic heterocycles. The Bertz CT molecular complexity index is 903. The van der Waals surface area contributed by atoms with Gasteiger partial charge in [0, 0.05) is 22.4 Å². The number of benzene rings is 3. The maximum atomic E-state index is 13.0. The monoisotopic (exact) mass is 315 g/mol. The minimum absolute atomic E-state index is 0.194. The van der Waals surface area contributed by atoms with E-state index in [9.17, 15) is 9.90 Å². The number of fused-ring (bicyclic) bond motifs is 1. The fourth-order valence-corrected chi connectivity index (χ4v) is 3.31. The largest absolute Gasteiger partial charge is 0.363 e. The van der Waals surface area contributed by atoms with Crippen molar-refractivity contribution >= 4 is 11.6 Å². The predicted octanol–water partition coefficient (Wildman–Crippen LogP) is 3.85. The van der Waals surface area contributed by atoms with Crippen molar-refractivity contribution in [2.24, 2.45) is 0 Å². The van der Waals surface area contributed by atoms with Gasteiger partial charge >= 0.3 is 0 Å². The summed E-state index contributed by atoms with van der Waals surface area (Å²) in [5.41, 5.74) is 2.08. The molecular formula is C21H17NO2. The first-order valence-electron chi connectivity index (χ1n) is 7.91. The van der Waals surface area contributed by atoms with Crippen LogP contribution in [0.3, 0.4) is 0 Å². The van der Waals surface area contributed by atoms with E-state index in [1.165, 1.54) is 4.90 Å². The molecule has 0 saturated carbocycles. The zero-order valence-electron chi connectivity index (χ0n) is 13.3. The molecule has 0 bridgehead atoms. The molecule has 118 valence electrons. The Hall–Kier alpha value is -2.91. The van der Waals surface area contributed by atoms with Gasteiger partial charge < -0.3 is 5.11 Å². The summed E-state index contributed by atoms with van der Waals surface area (Å²) in [6, 6.07) is 24.2. The van der Waals surface area contributed by atoms with E-state index in [0.717, 1.165) is 5.56 Å². The zero-order chi connectivity index (χ0) is 16.7. The van der Waals surface area contributed by atoms with Gasteiger partial charge in [0.25, 0.3) is 5.91 Å². The number of aryl methyl sites for hydroxylation is 1. The van der Waals surface area contributed by atoms with Crippen molar-refractivity contribution in [3.63, 3.8) is 0 Å². The van der Waals surface area contributed by atoms with Crippen molar-refractivity contribution in [1.29, 1.82) is 0 Å². The molecule has 0 fully saturated rings. The summed E-state index contributed by atoms with van der Waals surface area (Å²) in [7, 11) is 0. The third-order valence-corrected chi connectivity index (χ3v) is 4.53. The lowest BCUT2D eigenvalue weighted by atomic mass is 9.93. The van der Waals surface area contributed by atoms with E-state index in [-0.39, 0.29) is 5.91 Å². The van der Waals surface area contributed by atoms with Crippen LogP contribution in [-0.4, -0.2) is 11.0 Å². The number of aliphatic hydroxyl groups is 1. The highest BCUT2D eigenvalue weighted by atomic mass is 16.3. The maximum Gasteiger partial charge on any atom is 0.261 e. The summed E-state index contributed by atoms with van der Waals surface area (Å²) < 4.78 is 0. The van der Waals surface area contributed by atoms with Crippen molar-refractivity contribution in [3.05, 3.63) is 101 Å². The van der Waals surface area contributed by atoms with Crippen LogP contribution in [-0.2, 0) is 5.72 Å². The Kier molecular flexibility index (Phi) is 3.25. The van der Waals surface area contributed by atoms with Gasteiger partial charge in [0.1, 0.15) is 0 Å². The number of carbonyl (C=O) groups is 1. The van der Waals surface area contributed by atoms with Gasteiger partial charge in [0.05, 0.1) is 0 Å². The summed E-state index contributed by atoms with van der Waals surface area (Å²) in [5.74, 6) is -0.194. The molecule has 3 aromatic carbocycles. The first kappa shape index (κ1) is 14.7. The number of hydrogen-bond acceptors (Lipinski definition) is 2. The molecule has 1 unspecified atom stereocenters. The minimum Gasteiger partial charge on any atom is -0.363 e. The fourth-order valence-electron chi connectivity index (χ4n) is 3.31. The lowest BCUT2D eigenvalue weighted by molar-refractivity contribution is 0.0703. The Morgan fingerprint density at radius 2 is 1.46 bits per heavy atom. The van der Waals surface area contributed by atoms with Crippen LogP contribution in [0.2, 0.25) is 0 Å². The van der Waals surface area contributed by atoms with E-state index in [1.807, 2.05) is 79.7 Å². The molecule has 0 radical (unpaired) electrons. The first-order valence-corrected chi connectivity index (χ1v) is 7.91. The van der Waals surface area contributed by atoms with E-state index < -0.39 is 5.72 Å². The van der Waals surface area contributed by atoms with Crippen LogP contribution in [0.1, 0.15) is 27.0 Å². The number of amides is 1. The third kappa shape index (κ3) is 1.99. The molecule has 0 aliphatic carbocycles. The Morgan fingerprint density at radius 3 is 2.17 bits per heavy atom. The smallest absolute Gasteiger partial charge is 0.261 e. The summed E-state index contributed by atoms with van der Waals surface area (Å²) in [6.45, 7) is 1.99. The first-order chi connectivity index (χ1) is 11.6. The molecule has 3 aromatic rings. The van der Waals surface area contributed by atoms with Crippen molar-refractivity contribution < 1.29 is 9.90 Å². The third-order valence-electron chi connectivity index (χ3n) is 4.53. The number of nitrogens with zero attached hydrogens (tertiary/aromatic N) is 1. The molecule has 1 aliphatic rings. The standard InChI is InChI=1S/C21H17NO2/c1-15-11-13-17(14-12-15)22-20(23)18-9-5-6-10-19(18)21(22,24)16-7-3-2-4-8-16/h2-14,24H,1H3. The molecular weight excluding hydrogens is 298 g/mol. The van der Waals surface area contributed by atoms with E-state index in [2.05, 4.69) is 0 Å². The zero-order valence-corrected chi connectivity index (χ0v) is 13.3. The average Bonchev–Trinajstić information content (AvgIpc) is 2.86. The highest BCUT2D eigenvalue weighted by molar-refractivity contribution is 6.12. The van der Waals surface area contributed by atoms with Crippen molar-refractivity contribution in [3.8, 4) is 0 Å². The average molecular weight is 315 g/mol. The molecule has 0 spiro atoms. The lowest BCUT2D eigenvalue weighted by Crippen LogP contribution is -2.45. The van der Waals surface area contributed by atoms with Crippen LogP contribution in [0.4, 0.5) is 5.69 Å². The van der Waals surface area contributed by atoms with Crippen LogP contribution in [0, 0.1) is 6.92 Å². The van der Waals surface area contributed by atoms with Crippen molar-refractivity contribution in [2.75, 3.05) is 4.90 Å². The van der Waals surface area contributed by atoms with Crippen molar-refractivity contribution in [2.45, 2.75) is 12.6 Å². The maximum absolute atomic E-state index is 13.0. The second-order valence-electron chi connectivity index (χ2n) is 6.06. The summed E-state index contributed by atoms with van der Waals surface area (Å²) in [4.78, 5) is 14.5. The van der Waals surface area contributed by atoms with Crippen LogP contribution in [0.25, 0.3) is 0 Å². The van der Waals surface area contributed by atoms with E-state index in [4.69, 9.17) is 0 Å².